The monoisotopic (exact) mass is 356 g/mol. The van der Waals surface area contributed by atoms with Crippen molar-refractivity contribution < 1.29 is 13.2 Å². The van der Waals surface area contributed by atoms with E-state index in [2.05, 4.69) is 4.99 Å². The van der Waals surface area contributed by atoms with Gasteiger partial charge in [0, 0.05) is 16.7 Å². The van der Waals surface area contributed by atoms with Crippen LogP contribution in [0, 0.1) is 11.3 Å². The first-order chi connectivity index (χ1) is 10.9. The van der Waals surface area contributed by atoms with Crippen LogP contribution in [0.3, 0.4) is 0 Å². The maximum atomic E-state index is 13.1. The first-order valence-electron chi connectivity index (χ1n) is 6.72. The van der Waals surface area contributed by atoms with Gasteiger partial charge in [0.05, 0.1) is 16.7 Å². The minimum atomic E-state index is -4.41. The minimum absolute atomic E-state index is 0.117. The number of nitrogens with zero attached hydrogens (tertiary/aromatic N) is 2. The van der Waals surface area contributed by atoms with Crippen LogP contribution in [0.1, 0.15) is 22.4 Å². The summed E-state index contributed by atoms with van der Waals surface area (Å²) in [6.07, 6.45) is -3.09. The van der Waals surface area contributed by atoms with Gasteiger partial charge in [0.15, 0.2) is 0 Å². The first kappa shape index (κ1) is 17.5. The normalized spacial score (nSPS) is 13.2. The number of halogens is 4. The van der Waals surface area contributed by atoms with Gasteiger partial charge in [-0.05, 0) is 36.4 Å². The molecule has 1 aromatic heterocycles. The van der Waals surface area contributed by atoms with Crippen LogP contribution < -0.4 is 0 Å². The predicted molar refractivity (Wildman–Crippen MR) is 86.2 cm³/mol. The van der Waals surface area contributed by atoms with Crippen molar-refractivity contribution in [2.45, 2.75) is 25.1 Å². The van der Waals surface area contributed by atoms with Crippen molar-refractivity contribution in [1.82, 2.24) is 0 Å². The van der Waals surface area contributed by atoms with Crippen molar-refractivity contribution in [3.8, 4) is 6.07 Å². The molecule has 1 atom stereocenters. The van der Waals surface area contributed by atoms with Gasteiger partial charge in [0.2, 0.25) is 0 Å². The van der Waals surface area contributed by atoms with Gasteiger partial charge >= 0.3 is 6.18 Å². The largest absolute Gasteiger partial charge is 0.410 e. The third kappa shape index (κ3) is 5.08. The van der Waals surface area contributed by atoms with Gasteiger partial charge < -0.3 is 0 Å². The maximum Gasteiger partial charge on any atom is 0.410 e. The molecule has 0 aliphatic carbocycles. The van der Waals surface area contributed by atoms with Crippen molar-refractivity contribution >= 4 is 29.2 Å². The standard InChI is InChI=1S/C16H12ClF3N2S/c17-14-8-11(9-21)3-4-12(14)10-22-15(16(18,19)20)6-5-13-2-1-7-23-13/h1-4,7-8,10,15H,5-6H2. The summed E-state index contributed by atoms with van der Waals surface area (Å²) in [5.41, 5.74) is 0.702. The second-order valence-corrected chi connectivity index (χ2v) is 6.24. The van der Waals surface area contributed by atoms with Gasteiger partial charge in [0.25, 0.3) is 0 Å². The lowest BCUT2D eigenvalue weighted by Crippen LogP contribution is -2.27. The molecule has 0 spiro atoms. The van der Waals surface area contributed by atoms with E-state index in [1.165, 1.54) is 29.5 Å². The van der Waals surface area contributed by atoms with Crippen molar-refractivity contribution in [1.29, 1.82) is 5.26 Å². The number of aliphatic imine (C=N–C) groups is 1. The molecule has 0 aliphatic rings. The topological polar surface area (TPSA) is 36.1 Å². The molecule has 0 amide bonds. The average Bonchev–Trinajstić information content (AvgIpc) is 3.00. The van der Waals surface area contributed by atoms with E-state index in [4.69, 9.17) is 16.9 Å². The molecule has 1 heterocycles. The smallest absolute Gasteiger partial charge is 0.280 e. The fourth-order valence-corrected chi connectivity index (χ4v) is 2.88. The molecule has 2 nitrogen and oxygen atoms in total. The Kier molecular flexibility index (Phi) is 5.80. The van der Waals surface area contributed by atoms with Gasteiger partial charge in [-0.3, -0.25) is 4.99 Å². The second kappa shape index (κ2) is 7.62. The lowest BCUT2D eigenvalue weighted by atomic mass is 10.1. The maximum absolute atomic E-state index is 13.1. The number of rotatable bonds is 5. The summed E-state index contributed by atoms with van der Waals surface area (Å²) in [6.45, 7) is 0. The molecular weight excluding hydrogens is 345 g/mol. The molecule has 23 heavy (non-hydrogen) atoms. The van der Waals surface area contributed by atoms with E-state index in [9.17, 15) is 13.2 Å². The molecule has 0 saturated heterocycles. The van der Waals surface area contributed by atoms with Gasteiger partial charge in [-0.15, -0.1) is 11.3 Å². The van der Waals surface area contributed by atoms with Crippen molar-refractivity contribution in [3.63, 3.8) is 0 Å². The van der Waals surface area contributed by atoms with Gasteiger partial charge in [-0.25, -0.2) is 0 Å². The van der Waals surface area contributed by atoms with Crippen molar-refractivity contribution in [2.75, 3.05) is 0 Å². The number of aryl methyl sites for hydroxylation is 1. The number of nitriles is 1. The van der Waals surface area contributed by atoms with Crippen LogP contribution in [0.2, 0.25) is 5.02 Å². The van der Waals surface area contributed by atoms with Crippen LogP contribution in [-0.4, -0.2) is 18.4 Å². The van der Waals surface area contributed by atoms with E-state index in [0.29, 0.717) is 17.5 Å². The Morgan fingerprint density at radius 2 is 2.13 bits per heavy atom. The summed E-state index contributed by atoms with van der Waals surface area (Å²) in [5, 5.41) is 10.8. The Bertz CT molecular complexity index is 718. The molecule has 2 rings (SSSR count). The highest BCUT2D eigenvalue weighted by molar-refractivity contribution is 7.09. The summed E-state index contributed by atoms with van der Waals surface area (Å²) >= 11 is 7.37. The number of hydrogen-bond acceptors (Lipinski definition) is 3. The molecule has 0 N–H and O–H groups in total. The summed E-state index contributed by atoms with van der Waals surface area (Å²) < 4.78 is 39.3. The molecule has 1 unspecified atom stereocenters. The average molecular weight is 357 g/mol. The van der Waals surface area contributed by atoms with E-state index in [0.717, 1.165) is 11.1 Å². The van der Waals surface area contributed by atoms with Crippen LogP contribution in [0.5, 0.6) is 0 Å². The molecule has 2 aromatic rings. The molecule has 0 aliphatic heterocycles. The summed E-state index contributed by atoms with van der Waals surface area (Å²) in [5.74, 6) is 0. The lowest BCUT2D eigenvalue weighted by Gasteiger charge is -2.15. The van der Waals surface area contributed by atoms with E-state index in [1.54, 1.807) is 6.07 Å². The predicted octanol–water partition coefficient (Wildman–Crippen LogP) is 5.26. The zero-order valence-electron chi connectivity index (χ0n) is 11.8. The number of alkyl halides is 3. The Morgan fingerprint density at radius 1 is 1.35 bits per heavy atom. The summed E-state index contributed by atoms with van der Waals surface area (Å²) in [6, 6.07) is 8.11. The Morgan fingerprint density at radius 3 is 2.70 bits per heavy atom. The lowest BCUT2D eigenvalue weighted by molar-refractivity contribution is -0.147. The highest BCUT2D eigenvalue weighted by atomic mass is 35.5. The van der Waals surface area contributed by atoms with Crippen LogP contribution in [-0.2, 0) is 6.42 Å². The Balaban J connectivity index is 2.12. The third-order valence-electron chi connectivity index (χ3n) is 3.15. The van der Waals surface area contributed by atoms with Gasteiger partial charge in [-0.1, -0.05) is 23.7 Å². The quantitative estimate of drug-likeness (QED) is 0.673. The number of thiophene rings is 1. The zero-order valence-corrected chi connectivity index (χ0v) is 13.4. The number of benzene rings is 1. The fraction of sp³-hybridized carbons (Fsp3) is 0.250. The molecule has 1 aromatic carbocycles. The van der Waals surface area contributed by atoms with Crippen LogP contribution in [0.25, 0.3) is 0 Å². The fourth-order valence-electron chi connectivity index (χ4n) is 1.93. The zero-order chi connectivity index (χ0) is 16.9. The highest BCUT2D eigenvalue weighted by Crippen LogP contribution is 2.27. The van der Waals surface area contributed by atoms with Gasteiger partial charge in [0.1, 0.15) is 6.04 Å². The molecule has 0 saturated carbocycles. The molecule has 0 fully saturated rings. The molecule has 0 bridgehead atoms. The Hall–Kier alpha value is -1.84. The highest BCUT2D eigenvalue weighted by Gasteiger charge is 2.38. The Labute approximate surface area is 140 Å². The molecule has 0 radical (unpaired) electrons. The number of hydrogen-bond donors (Lipinski definition) is 0. The van der Waals surface area contributed by atoms with E-state index in [-0.39, 0.29) is 11.4 Å². The summed E-state index contributed by atoms with van der Waals surface area (Å²) in [4.78, 5) is 4.56. The first-order valence-corrected chi connectivity index (χ1v) is 7.98. The van der Waals surface area contributed by atoms with Crippen molar-refractivity contribution in [3.05, 3.63) is 56.7 Å². The van der Waals surface area contributed by atoms with E-state index >= 15 is 0 Å². The summed E-state index contributed by atoms with van der Waals surface area (Å²) in [7, 11) is 0. The van der Waals surface area contributed by atoms with Crippen molar-refractivity contribution in [2.24, 2.45) is 4.99 Å². The van der Waals surface area contributed by atoms with Gasteiger partial charge in [-0.2, -0.15) is 18.4 Å². The molecular formula is C16H12ClF3N2S. The minimum Gasteiger partial charge on any atom is -0.280 e. The third-order valence-corrected chi connectivity index (χ3v) is 4.41. The van der Waals surface area contributed by atoms with E-state index in [1.807, 2.05) is 17.5 Å². The second-order valence-electron chi connectivity index (χ2n) is 4.80. The van der Waals surface area contributed by atoms with E-state index < -0.39 is 12.2 Å². The van der Waals surface area contributed by atoms with Crippen LogP contribution >= 0.6 is 22.9 Å². The van der Waals surface area contributed by atoms with Crippen LogP contribution in [0.4, 0.5) is 13.2 Å². The SMILES string of the molecule is N#Cc1ccc(C=NC(CCc2cccs2)C(F)(F)F)c(Cl)c1. The molecule has 120 valence electrons. The molecule has 7 heteroatoms. The van der Waals surface area contributed by atoms with Crippen LogP contribution in [0.15, 0.2) is 40.7 Å².